The highest BCUT2D eigenvalue weighted by Crippen LogP contribution is 2.30. The first-order valence-corrected chi connectivity index (χ1v) is 10.2. The van der Waals surface area contributed by atoms with Gasteiger partial charge in [-0.1, -0.05) is 38.5 Å². The molecule has 1 fully saturated rings. The number of hydrogen-bond donors (Lipinski definition) is 2. The van der Waals surface area contributed by atoms with Crippen LogP contribution in [0.2, 0.25) is 0 Å². The zero-order chi connectivity index (χ0) is 19.6. The number of aromatic nitrogens is 3. The van der Waals surface area contributed by atoms with Gasteiger partial charge in [-0.25, -0.2) is 9.07 Å². The molecular weight excluding hydrogens is 365 g/mol. The zero-order valence-corrected chi connectivity index (χ0v) is 16.7. The third-order valence-electron chi connectivity index (χ3n) is 5.45. The van der Waals surface area contributed by atoms with Gasteiger partial charge in [0.15, 0.2) is 5.82 Å². The highest BCUT2D eigenvalue weighted by molar-refractivity contribution is 8.00. The van der Waals surface area contributed by atoms with Crippen LogP contribution in [-0.2, 0) is 4.79 Å². The van der Waals surface area contributed by atoms with Crippen molar-refractivity contribution in [1.29, 1.82) is 0 Å². The maximum Gasteiger partial charge on any atom is 0.233 e. The van der Waals surface area contributed by atoms with Crippen LogP contribution in [0.4, 0.5) is 4.39 Å². The molecule has 1 aliphatic rings. The Balaban J connectivity index is 1.64. The van der Waals surface area contributed by atoms with E-state index in [1.807, 2.05) is 6.92 Å². The summed E-state index contributed by atoms with van der Waals surface area (Å²) in [5, 5.41) is 11.5. The molecule has 1 saturated carbocycles. The molecule has 6 nitrogen and oxygen atoms in total. The van der Waals surface area contributed by atoms with E-state index in [-0.39, 0.29) is 23.0 Å². The third kappa shape index (κ3) is 4.43. The van der Waals surface area contributed by atoms with Crippen molar-refractivity contribution in [2.45, 2.75) is 56.5 Å². The predicted molar refractivity (Wildman–Crippen MR) is 105 cm³/mol. The van der Waals surface area contributed by atoms with Gasteiger partial charge in [-0.2, -0.15) is 0 Å². The first-order valence-electron chi connectivity index (χ1n) is 9.30. The highest BCUT2D eigenvalue weighted by Gasteiger charge is 2.30. The second-order valence-electron chi connectivity index (χ2n) is 7.33. The summed E-state index contributed by atoms with van der Waals surface area (Å²) in [5.74, 6) is 7.28. The van der Waals surface area contributed by atoms with E-state index in [1.54, 1.807) is 12.1 Å². The first-order chi connectivity index (χ1) is 12.9. The van der Waals surface area contributed by atoms with Gasteiger partial charge in [0.2, 0.25) is 11.1 Å². The van der Waals surface area contributed by atoms with Crippen LogP contribution in [-0.4, -0.2) is 32.1 Å². The van der Waals surface area contributed by atoms with Crippen molar-refractivity contribution >= 4 is 17.7 Å². The Morgan fingerprint density at radius 3 is 2.70 bits per heavy atom. The molecule has 1 amide bonds. The van der Waals surface area contributed by atoms with E-state index in [1.165, 1.54) is 35.0 Å². The molecule has 0 saturated heterocycles. The van der Waals surface area contributed by atoms with Crippen molar-refractivity contribution in [3.8, 4) is 11.4 Å². The third-order valence-corrected chi connectivity index (χ3v) is 6.51. The first kappa shape index (κ1) is 19.7. The van der Waals surface area contributed by atoms with Gasteiger partial charge in [0.1, 0.15) is 5.82 Å². The Morgan fingerprint density at radius 2 is 2.00 bits per heavy atom. The molecule has 2 aromatic rings. The molecule has 4 atom stereocenters. The second-order valence-corrected chi connectivity index (χ2v) is 8.63. The molecule has 1 aromatic heterocycles. The Kier molecular flexibility index (Phi) is 6.04. The summed E-state index contributed by atoms with van der Waals surface area (Å²) in [5.41, 5.74) is 0.667. The molecule has 0 spiro atoms. The fraction of sp³-hybridized carbons (Fsp3) is 0.526. The highest BCUT2D eigenvalue weighted by atomic mass is 32.2. The number of thioether (sulfide) groups is 1. The van der Waals surface area contributed by atoms with Crippen LogP contribution >= 0.6 is 11.8 Å². The molecule has 0 bridgehead atoms. The van der Waals surface area contributed by atoms with E-state index in [9.17, 15) is 9.18 Å². The Labute approximate surface area is 163 Å². The van der Waals surface area contributed by atoms with Gasteiger partial charge in [0.05, 0.1) is 5.25 Å². The largest absolute Gasteiger partial charge is 0.352 e. The summed E-state index contributed by atoms with van der Waals surface area (Å²) < 4.78 is 14.4. The number of carbonyl (C=O) groups excluding carboxylic acids is 1. The smallest absolute Gasteiger partial charge is 0.233 e. The Hall–Kier alpha value is -2.09. The SMILES string of the molecule is C[C@@H]1[C@H](C)CCC[C@@H]1NC(=O)[C@@H](C)Sc1nnc(-c2ccc(F)cc2)n1N. The number of nitrogens with one attached hydrogen (secondary N) is 1. The molecule has 0 aliphatic heterocycles. The number of nitrogens with zero attached hydrogens (tertiary/aromatic N) is 3. The van der Waals surface area contributed by atoms with E-state index in [0.717, 1.165) is 12.8 Å². The van der Waals surface area contributed by atoms with Gasteiger partial charge >= 0.3 is 0 Å². The lowest BCUT2D eigenvalue weighted by Gasteiger charge is -2.35. The van der Waals surface area contributed by atoms with Crippen molar-refractivity contribution < 1.29 is 9.18 Å². The number of nitrogens with two attached hydrogens (primary N) is 1. The number of halogens is 1. The number of nitrogen functional groups attached to an aromatic ring is 1. The molecule has 1 heterocycles. The standard InChI is InChI=1S/C19H26FN5OS/c1-11-5-4-6-16(12(11)2)22-18(26)13(3)27-19-24-23-17(25(19)21)14-7-9-15(20)10-8-14/h7-13,16H,4-6,21H2,1-3H3,(H,22,26)/t11-,12-,13-,16+/m1/s1. The molecule has 0 unspecified atom stereocenters. The monoisotopic (exact) mass is 391 g/mol. The fourth-order valence-electron chi connectivity index (χ4n) is 3.45. The number of rotatable bonds is 5. The lowest BCUT2D eigenvalue weighted by atomic mass is 9.78. The second kappa shape index (κ2) is 8.29. The Bertz CT molecular complexity index is 794. The van der Waals surface area contributed by atoms with E-state index in [2.05, 4.69) is 29.4 Å². The molecule has 8 heteroatoms. The van der Waals surface area contributed by atoms with Crippen molar-refractivity contribution in [3.63, 3.8) is 0 Å². The van der Waals surface area contributed by atoms with Crippen LogP contribution < -0.4 is 11.2 Å². The average Bonchev–Trinajstić information content (AvgIpc) is 3.00. The van der Waals surface area contributed by atoms with Crippen LogP contribution in [0.25, 0.3) is 11.4 Å². The van der Waals surface area contributed by atoms with Crippen LogP contribution in [0.1, 0.15) is 40.0 Å². The summed E-state index contributed by atoms with van der Waals surface area (Å²) in [4.78, 5) is 12.6. The van der Waals surface area contributed by atoms with Gasteiger partial charge in [-0.05, 0) is 49.4 Å². The van der Waals surface area contributed by atoms with Crippen LogP contribution in [0, 0.1) is 17.7 Å². The average molecular weight is 392 g/mol. The maximum absolute atomic E-state index is 13.1. The van der Waals surface area contributed by atoms with Crippen molar-refractivity contribution in [1.82, 2.24) is 20.2 Å². The lowest BCUT2D eigenvalue weighted by Crippen LogP contribution is -2.46. The number of hydrogen-bond acceptors (Lipinski definition) is 5. The molecule has 0 radical (unpaired) electrons. The quantitative estimate of drug-likeness (QED) is 0.604. The van der Waals surface area contributed by atoms with Gasteiger partial charge in [0.25, 0.3) is 0 Å². The molecule has 3 rings (SSSR count). The number of benzene rings is 1. The minimum Gasteiger partial charge on any atom is -0.352 e. The maximum atomic E-state index is 13.1. The minimum atomic E-state index is -0.345. The summed E-state index contributed by atoms with van der Waals surface area (Å²) in [7, 11) is 0. The summed E-state index contributed by atoms with van der Waals surface area (Å²) >= 11 is 1.27. The molecule has 3 N–H and O–H groups in total. The van der Waals surface area contributed by atoms with E-state index < -0.39 is 0 Å². The molecule has 1 aliphatic carbocycles. The lowest BCUT2D eigenvalue weighted by molar-refractivity contribution is -0.121. The summed E-state index contributed by atoms with van der Waals surface area (Å²) in [6, 6.07) is 6.10. The van der Waals surface area contributed by atoms with Crippen LogP contribution in [0.15, 0.2) is 29.4 Å². The van der Waals surface area contributed by atoms with E-state index in [0.29, 0.717) is 28.4 Å². The van der Waals surface area contributed by atoms with Gasteiger partial charge in [-0.3, -0.25) is 4.79 Å². The number of amides is 1. The van der Waals surface area contributed by atoms with E-state index in [4.69, 9.17) is 5.84 Å². The zero-order valence-electron chi connectivity index (χ0n) is 15.9. The molecule has 27 heavy (non-hydrogen) atoms. The van der Waals surface area contributed by atoms with Gasteiger partial charge in [-0.15, -0.1) is 10.2 Å². The van der Waals surface area contributed by atoms with Crippen LogP contribution in [0.3, 0.4) is 0 Å². The molecule has 1 aromatic carbocycles. The van der Waals surface area contributed by atoms with Gasteiger partial charge < -0.3 is 11.2 Å². The predicted octanol–water partition coefficient (Wildman–Crippen LogP) is 3.22. The summed E-state index contributed by atoms with van der Waals surface area (Å²) in [6.45, 7) is 6.29. The minimum absolute atomic E-state index is 0.0164. The Morgan fingerprint density at radius 1 is 1.30 bits per heavy atom. The van der Waals surface area contributed by atoms with E-state index >= 15 is 0 Å². The summed E-state index contributed by atoms with van der Waals surface area (Å²) in [6.07, 6.45) is 3.40. The van der Waals surface area contributed by atoms with Gasteiger partial charge in [0, 0.05) is 11.6 Å². The molecular formula is C19H26FN5OS. The van der Waals surface area contributed by atoms with Crippen molar-refractivity contribution in [2.24, 2.45) is 11.8 Å². The molecule has 146 valence electrons. The van der Waals surface area contributed by atoms with Crippen LogP contribution in [0.5, 0.6) is 0 Å². The van der Waals surface area contributed by atoms with Crippen molar-refractivity contribution in [2.75, 3.05) is 5.84 Å². The number of carbonyl (C=O) groups is 1. The van der Waals surface area contributed by atoms with Crippen molar-refractivity contribution in [3.05, 3.63) is 30.1 Å². The fourth-order valence-corrected chi connectivity index (χ4v) is 4.23. The topological polar surface area (TPSA) is 85.8 Å². The normalized spacial score (nSPS) is 23.8.